The van der Waals surface area contributed by atoms with Crippen molar-refractivity contribution < 1.29 is 25.2 Å². The maximum atomic E-state index is 8.26. The summed E-state index contributed by atoms with van der Waals surface area (Å²) < 4.78 is 9.75. The molecule has 0 aromatic rings. The number of hydrogen-bond donors (Lipinski definition) is 2. The molecule has 0 amide bonds. The van der Waals surface area contributed by atoms with Gasteiger partial charge in [-0.05, 0) is 13.8 Å². The van der Waals surface area contributed by atoms with Crippen molar-refractivity contribution in [1.29, 1.82) is 0 Å². The molecule has 0 aromatic carbocycles. The Morgan fingerprint density at radius 1 is 0.933 bits per heavy atom. The molecule has 0 aromatic heterocycles. The van der Waals surface area contributed by atoms with Crippen molar-refractivity contribution >= 4 is 0 Å². The highest BCUT2D eigenvalue weighted by atomic mass is 16.5. The highest BCUT2D eigenvalue weighted by Crippen LogP contribution is 1.76. The van der Waals surface area contributed by atoms with Crippen LogP contribution in [0.3, 0.4) is 0 Å². The van der Waals surface area contributed by atoms with E-state index in [1.54, 1.807) is 0 Å². The molecule has 5 nitrogen and oxygen atoms in total. The number of hydrogen-bond acceptors (Lipinski definition) is 4. The molecule has 94 valence electrons. The average molecular weight is 224 g/mol. The second-order valence-corrected chi connectivity index (χ2v) is 2.88. The van der Waals surface area contributed by atoms with E-state index >= 15 is 0 Å². The monoisotopic (exact) mass is 224 g/mol. The van der Waals surface area contributed by atoms with E-state index in [1.807, 2.05) is 13.8 Å². The van der Waals surface area contributed by atoms with E-state index in [1.165, 1.54) is 5.57 Å². The van der Waals surface area contributed by atoms with Crippen molar-refractivity contribution in [3.8, 4) is 0 Å². The molecule has 0 saturated heterocycles. The largest absolute Gasteiger partial charge is 0.412 e. The number of aliphatic hydroxyl groups is 2. The Bertz CT molecular complexity index is 104. The second kappa shape index (κ2) is 19.2. The van der Waals surface area contributed by atoms with E-state index in [-0.39, 0.29) is 18.7 Å². The third-order valence-corrected chi connectivity index (χ3v) is 0.843. The normalized spacial score (nSPS) is 8.53. The van der Waals surface area contributed by atoms with Crippen LogP contribution in [0, 0.1) is 0 Å². The molecule has 0 atom stereocenters. The molecule has 0 rings (SSSR count). The molecule has 0 aliphatic heterocycles. The Morgan fingerprint density at radius 2 is 1.20 bits per heavy atom. The van der Waals surface area contributed by atoms with Gasteiger partial charge in [-0.2, -0.15) is 0 Å². The fourth-order valence-corrected chi connectivity index (χ4v) is 0.451. The summed E-state index contributed by atoms with van der Waals surface area (Å²) in [5, 5.41) is 16.5. The molecule has 0 radical (unpaired) electrons. The zero-order valence-electron chi connectivity index (χ0n) is 9.66. The zero-order valence-corrected chi connectivity index (χ0v) is 9.66. The van der Waals surface area contributed by atoms with Gasteiger partial charge in [0.2, 0.25) is 0 Å². The minimum Gasteiger partial charge on any atom is -0.412 e. The van der Waals surface area contributed by atoms with E-state index in [9.17, 15) is 0 Å². The standard InChI is InChI=1S/C6H14O4.C4H8.H2O/c7-1-3-9-5-6-10-4-2-8;1-4(2)3;/h7-8H,1-6H2;1H2,2-3H3;1H2. The van der Waals surface area contributed by atoms with Gasteiger partial charge in [0.05, 0.1) is 39.6 Å². The first kappa shape index (κ1) is 20.0. The van der Waals surface area contributed by atoms with Crippen LogP contribution in [-0.2, 0) is 9.47 Å². The molecule has 0 aliphatic rings. The molecule has 5 heteroatoms. The molecule has 0 unspecified atom stereocenters. The number of aliphatic hydroxyl groups excluding tert-OH is 2. The van der Waals surface area contributed by atoms with E-state index in [2.05, 4.69) is 6.58 Å². The SMILES string of the molecule is C=C(C)C.O.OCCOCCOCCO. The summed E-state index contributed by atoms with van der Waals surface area (Å²) in [6.45, 7) is 9.23. The molecule has 4 N–H and O–H groups in total. The van der Waals surface area contributed by atoms with Crippen molar-refractivity contribution in [2.45, 2.75) is 13.8 Å². The van der Waals surface area contributed by atoms with Gasteiger partial charge in [0.1, 0.15) is 0 Å². The lowest BCUT2D eigenvalue weighted by molar-refractivity contribution is 0.0222. The second-order valence-electron chi connectivity index (χ2n) is 2.88. The minimum atomic E-state index is 0. The van der Waals surface area contributed by atoms with Crippen molar-refractivity contribution in [3.63, 3.8) is 0 Å². The van der Waals surface area contributed by atoms with Gasteiger partial charge in [0.25, 0.3) is 0 Å². The van der Waals surface area contributed by atoms with Crippen LogP contribution in [0.1, 0.15) is 13.8 Å². The lowest BCUT2D eigenvalue weighted by Crippen LogP contribution is -2.09. The number of rotatable bonds is 7. The number of allylic oxidation sites excluding steroid dienone is 1. The lowest BCUT2D eigenvalue weighted by atomic mass is 10.4. The van der Waals surface area contributed by atoms with Crippen LogP contribution in [0.4, 0.5) is 0 Å². The highest BCUT2D eigenvalue weighted by molar-refractivity contribution is 4.78. The Kier molecular flexibility index (Phi) is 25.6. The van der Waals surface area contributed by atoms with Crippen LogP contribution >= 0.6 is 0 Å². The summed E-state index contributed by atoms with van der Waals surface area (Å²) in [6.07, 6.45) is 0. The summed E-state index contributed by atoms with van der Waals surface area (Å²) in [6, 6.07) is 0. The van der Waals surface area contributed by atoms with Crippen LogP contribution in [0.5, 0.6) is 0 Å². The maximum Gasteiger partial charge on any atom is 0.0701 e. The Labute approximate surface area is 91.6 Å². The predicted molar refractivity (Wildman–Crippen MR) is 59.9 cm³/mol. The van der Waals surface area contributed by atoms with Gasteiger partial charge in [-0.1, -0.05) is 5.57 Å². The summed E-state index contributed by atoms with van der Waals surface area (Å²) >= 11 is 0. The molecular formula is C10H24O5. The van der Waals surface area contributed by atoms with Crippen molar-refractivity contribution in [2.75, 3.05) is 39.6 Å². The van der Waals surface area contributed by atoms with Crippen molar-refractivity contribution in [3.05, 3.63) is 12.2 Å². The van der Waals surface area contributed by atoms with E-state index in [0.29, 0.717) is 26.4 Å². The maximum absolute atomic E-state index is 8.26. The molecule has 0 heterocycles. The minimum absolute atomic E-state index is 0. The average Bonchev–Trinajstić information content (AvgIpc) is 2.10. The first-order chi connectivity index (χ1) is 6.65. The Hall–Kier alpha value is -0.460. The summed E-state index contributed by atoms with van der Waals surface area (Å²) in [4.78, 5) is 0. The van der Waals surface area contributed by atoms with Crippen LogP contribution in [0.25, 0.3) is 0 Å². The molecule has 0 fully saturated rings. The molecule has 0 spiro atoms. The molecule has 0 aliphatic carbocycles. The lowest BCUT2D eigenvalue weighted by Gasteiger charge is -2.01. The Morgan fingerprint density at radius 3 is 1.40 bits per heavy atom. The number of ether oxygens (including phenoxy) is 2. The van der Waals surface area contributed by atoms with E-state index in [4.69, 9.17) is 19.7 Å². The highest BCUT2D eigenvalue weighted by Gasteiger charge is 1.86. The Balaban J connectivity index is -0.000000249. The van der Waals surface area contributed by atoms with E-state index < -0.39 is 0 Å². The van der Waals surface area contributed by atoms with Gasteiger partial charge in [-0.15, -0.1) is 6.58 Å². The quantitative estimate of drug-likeness (QED) is 0.461. The smallest absolute Gasteiger partial charge is 0.0701 e. The zero-order chi connectivity index (χ0) is 11.2. The van der Waals surface area contributed by atoms with Crippen LogP contribution < -0.4 is 0 Å². The fourth-order valence-electron chi connectivity index (χ4n) is 0.451. The molecular weight excluding hydrogens is 200 g/mol. The van der Waals surface area contributed by atoms with Crippen LogP contribution in [-0.4, -0.2) is 55.3 Å². The summed E-state index contributed by atoms with van der Waals surface area (Å²) in [7, 11) is 0. The predicted octanol–water partition coefficient (Wildman–Crippen LogP) is -0.238. The first-order valence-corrected chi connectivity index (χ1v) is 4.64. The van der Waals surface area contributed by atoms with Crippen LogP contribution in [0.2, 0.25) is 0 Å². The van der Waals surface area contributed by atoms with Gasteiger partial charge in [-0.25, -0.2) is 0 Å². The van der Waals surface area contributed by atoms with Gasteiger partial charge >= 0.3 is 0 Å². The molecule has 0 saturated carbocycles. The third kappa shape index (κ3) is 42.2. The molecule has 15 heavy (non-hydrogen) atoms. The fraction of sp³-hybridized carbons (Fsp3) is 0.800. The first-order valence-electron chi connectivity index (χ1n) is 4.64. The topological polar surface area (TPSA) is 90.4 Å². The van der Waals surface area contributed by atoms with Crippen LogP contribution in [0.15, 0.2) is 12.2 Å². The molecule has 0 bridgehead atoms. The summed E-state index contributed by atoms with van der Waals surface area (Å²) in [5.74, 6) is 0. The third-order valence-electron chi connectivity index (χ3n) is 0.843. The summed E-state index contributed by atoms with van der Waals surface area (Å²) in [5.41, 5.74) is 1.17. The van der Waals surface area contributed by atoms with Gasteiger partial charge in [0.15, 0.2) is 0 Å². The van der Waals surface area contributed by atoms with Crippen molar-refractivity contribution in [2.24, 2.45) is 0 Å². The van der Waals surface area contributed by atoms with Gasteiger partial charge in [0, 0.05) is 0 Å². The van der Waals surface area contributed by atoms with Gasteiger partial charge < -0.3 is 25.2 Å². The van der Waals surface area contributed by atoms with Crippen molar-refractivity contribution in [1.82, 2.24) is 0 Å². The van der Waals surface area contributed by atoms with Gasteiger partial charge in [-0.3, -0.25) is 0 Å². The van der Waals surface area contributed by atoms with E-state index in [0.717, 1.165) is 0 Å².